The van der Waals surface area contributed by atoms with E-state index in [1.807, 2.05) is 24.3 Å². The molecule has 1 amide bonds. The molecule has 0 bridgehead atoms. The Bertz CT molecular complexity index is 1240. The number of rotatable bonds is 5. The standard InChI is InChI=1S/C23H23ClN4O3/c1-2-11-27-19-5-3-4-6-20(19)28(23(31)22(27)30)16-21(29)26-14-12-25(13-15-26)18-9-7-17(24)8-10-18/h2-10H,1,11-16H2. The second kappa shape index (κ2) is 8.81. The highest BCUT2D eigenvalue weighted by molar-refractivity contribution is 6.30. The van der Waals surface area contributed by atoms with E-state index >= 15 is 0 Å². The summed E-state index contributed by atoms with van der Waals surface area (Å²) in [5.41, 5.74) is 0.867. The minimum atomic E-state index is -0.700. The van der Waals surface area contributed by atoms with E-state index in [4.69, 9.17) is 11.6 Å². The van der Waals surface area contributed by atoms with Crippen molar-refractivity contribution in [3.8, 4) is 0 Å². The highest BCUT2D eigenvalue weighted by atomic mass is 35.5. The first-order valence-electron chi connectivity index (χ1n) is 10.1. The highest BCUT2D eigenvalue weighted by Gasteiger charge is 2.23. The zero-order valence-electron chi connectivity index (χ0n) is 17.0. The fraction of sp³-hybridized carbons (Fsp3) is 0.261. The van der Waals surface area contributed by atoms with E-state index < -0.39 is 11.1 Å². The third-order valence-corrected chi connectivity index (χ3v) is 5.82. The van der Waals surface area contributed by atoms with Gasteiger partial charge in [-0.05, 0) is 36.4 Å². The van der Waals surface area contributed by atoms with Gasteiger partial charge in [-0.1, -0.05) is 29.8 Å². The number of piperazine rings is 1. The minimum Gasteiger partial charge on any atom is -0.368 e. The molecule has 1 aromatic heterocycles. The van der Waals surface area contributed by atoms with Gasteiger partial charge in [-0.15, -0.1) is 6.58 Å². The molecule has 3 aromatic rings. The van der Waals surface area contributed by atoms with Gasteiger partial charge in [0.15, 0.2) is 0 Å². The summed E-state index contributed by atoms with van der Waals surface area (Å²) in [5.74, 6) is -0.177. The molecule has 1 saturated heterocycles. The summed E-state index contributed by atoms with van der Waals surface area (Å²) in [4.78, 5) is 42.3. The number of carbonyl (C=O) groups excluding carboxylic acids is 1. The van der Waals surface area contributed by atoms with Gasteiger partial charge in [-0.3, -0.25) is 23.5 Å². The van der Waals surface area contributed by atoms with Gasteiger partial charge in [0, 0.05) is 43.4 Å². The van der Waals surface area contributed by atoms with E-state index in [9.17, 15) is 14.4 Å². The van der Waals surface area contributed by atoms with Crippen molar-refractivity contribution >= 4 is 34.2 Å². The molecule has 2 heterocycles. The van der Waals surface area contributed by atoms with Crippen LogP contribution in [0.4, 0.5) is 5.69 Å². The number of nitrogens with zero attached hydrogens (tertiary/aromatic N) is 4. The van der Waals surface area contributed by atoms with Gasteiger partial charge in [0.1, 0.15) is 6.54 Å². The molecule has 31 heavy (non-hydrogen) atoms. The molecule has 4 rings (SSSR count). The summed E-state index contributed by atoms with van der Waals surface area (Å²) < 4.78 is 2.67. The molecule has 0 radical (unpaired) electrons. The lowest BCUT2D eigenvalue weighted by atomic mass is 10.2. The van der Waals surface area contributed by atoms with Crippen LogP contribution in [0.3, 0.4) is 0 Å². The molecular weight excluding hydrogens is 416 g/mol. The molecule has 1 fully saturated rings. The van der Waals surface area contributed by atoms with Crippen molar-refractivity contribution in [2.24, 2.45) is 0 Å². The molecule has 8 heteroatoms. The Morgan fingerprint density at radius 2 is 1.48 bits per heavy atom. The Morgan fingerprint density at radius 1 is 0.903 bits per heavy atom. The number of allylic oxidation sites excluding steroid dienone is 1. The van der Waals surface area contributed by atoms with E-state index in [-0.39, 0.29) is 19.0 Å². The maximum atomic E-state index is 13.0. The Morgan fingerprint density at radius 3 is 2.10 bits per heavy atom. The molecule has 160 valence electrons. The third-order valence-electron chi connectivity index (χ3n) is 5.57. The van der Waals surface area contributed by atoms with E-state index in [1.165, 1.54) is 9.13 Å². The van der Waals surface area contributed by atoms with Crippen LogP contribution in [0.2, 0.25) is 5.02 Å². The number of amides is 1. The molecule has 0 unspecified atom stereocenters. The number of benzene rings is 2. The highest BCUT2D eigenvalue weighted by Crippen LogP contribution is 2.19. The van der Waals surface area contributed by atoms with E-state index in [0.29, 0.717) is 42.2 Å². The molecule has 7 nitrogen and oxygen atoms in total. The number of halogens is 1. The zero-order valence-corrected chi connectivity index (χ0v) is 17.8. The minimum absolute atomic E-state index is 0.162. The number of carbonyl (C=O) groups is 1. The smallest absolute Gasteiger partial charge is 0.317 e. The number of hydrogen-bond acceptors (Lipinski definition) is 4. The molecule has 0 aliphatic carbocycles. The first-order valence-corrected chi connectivity index (χ1v) is 10.5. The second-order valence-corrected chi connectivity index (χ2v) is 7.87. The Hall–Kier alpha value is -3.32. The van der Waals surface area contributed by atoms with Gasteiger partial charge < -0.3 is 9.80 Å². The van der Waals surface area contributed by atoms with Crippen molar-refractivity contribution in [2.45, 2.75) is 13.1 Å². The first-order chi connectivity index (χ1) is 15.0. The maximum absolute atomic E-state index is 13.0. The van der Waals surface area contributed by atoms with E-state index in [2.05, 4.69) is 11.5 Å². The predicted molar refractivity (Wildman–Crippen MR) is 123 cm³/mol. The van der Waals surface area contributed by atoms with Gasteiger partial charge in [-0.2, -0.15) is 0 Å². The molecular formula is C23H23ClN4O3. The number of aromatic nitrogens is 2. The molecule has 1 aliphatic heterocycles. The Balaban J connectivity index is 1.54. The molecule has 1 aliphatic rings. The van der Waals surface area contributed by atoms with Gasteiger partial charge >= 0.3 is 11.1 Å². The number of para-hydroxylation sites is 2. The van der Waals surface area contributed by atoms with Crippen LogP contribution in [0.25, 0.3) is 11.0 Å². The Kier molecular flexibility index (Phi) is 5.95. The normalized spacial score (nSPS) is 14.1. The summed E-state index contributed by atoms with van der Waals surface area (Å²) in [6.45, 7) is 6.18. The summed E-state index contributed by atoms with van der Waals surface area (Å²) in [6.07, 6.45) is 1.57. The quantitative estimate of drug-likeness (QED) is 0.453. The maximum Gasteiger partial charge on any atom is 0.317 e. The van der Waals surface area contributed by atoms with Crippen LogP contribution in [-0.4, -0.2) is 46.1 Å². The van der Waals surface area contributed by atoms with Gasteiger partial charge in [0.25, 0.3) is 0 Å². The summed E-state index contributed by atoms with van der Waals surface area (Å²) in [7, 11) is 0. The summed E-state index contributed by atoms with van der Waals surface area (Å²) >= 11 is 5.96. The lowest BCUT2D eigenvalue weighted by Gasteiger charge is -2.36. The van der Waals surface area contributed by atoms with Crippen molar-refractivity contribution in [3.05, 3.63) is 86.9 Å². The van der Waals surface area contributed by atoms with E-state index in [1.54, 1.807) is 35.2 Å². The monoisotopic (exact) mass is 438 g/mol. The fourth-order valence-corrected chi connectivity index (χ4v) is 4.06. The lowest BCUT2D eigenvalue weighted by Crippen LogP contribution is -2.51. The topological polar surface area (TPSA) is 67.5 Å². The van der Waals surface area contributed by atoms with Crippen LogP contribution < -0.4 is 16.0 Å². The van der Waals surface area contributed by atoms with E-state index in [0.717, 1.165) is 5.69 Å². The van der Waals surface area contributed by atoms with Gasteiger partial charge in [0.2, 0.25) is 5.91 Å². The van der Waals surface area contributed by atoms with Crippen LogP contribution in [0, 0.1) is 0 Å². The number of hydrogen-bond donors (Lipinski definition) is 0. The van der Waals surface area contributed by atoms with Crippen molar-refractivity contribution < 1.29 is 4.79 Å². The molecule has 0 spiro atoms. The summed E-state index contributed by atoms with van der Waals surface area (Å²) in [5, 5.41) is 0.685. The average molecular weight is 439 g/mol. The first kappa shape index (κ1) is 20.9. The number of anilines is 1. The molecule has 0 N–H and O–H groups in total. The van der Waals surface area contributed by atoms with Crippen LogP contribution in [0.1, 0.15) is 0 Å². The van der Waals surface area contributed by atoms with Crippen molar-refractivity contribution in [3.63, 3.8) is 0 Å². The zero-order chi connectivity index (χ0) is 22.0. The average Bonchev–Trinajstić information content (AvgIpc) is 2.80. The van der Waals surface area contributed by atoms with Crippen LogP contribution >= 0.6 is 11.6 Å². The van der Waals surface area contributed by atoms with Crippen LogP contribution in [0.15, 0.2) is 70.8 Å². The second-order valence-electron chi connectivity index (χ2n) is 7.43. The molecule has 0 saturated carbocycles. The molecule has 0 atom stereocenters. The van der Waals surface area contributed by atoms with Crippen LogP contribution in [-0.2, 0) is 17.9 Å². The van der Waals surface area contributed by atoms with Crippen LogP contribution in [0.5, 0.6) is 0 Å². The SMILES string of the molecule is C=CCn1c(=O)c(=O)n(CC(=O)N2CCN(c3ccc(Cl)cc3)CC2)c2ccccc21. The largest absolute Gasteiger partial charge is 0.368 e. The van der Waals surface area contributed by atoms with Crippen molar-refractivity contribution in [1.29, 1.82) is 0 Å². The fourth-order valence-electron chi connectivity index (χ4n) is 3.94. The van der Waals surface area contributed by atoms with Gasteiger partial charge in [0.05, 0.1) is 11.0 Å². The van der Waals surface area contributed by atoms with Crippen molar-refractivity contribution in [2.75, 3.05) is 31.1 Å². The number of fused-ring (bicyclic) bond motifs is 1. The molecule has 2 aromatic carbocycles. The summed E-state index contributed by atoms with van der Waals surface area (Å²) in [6, 6.07) is 14.7. The van der Waals surface area contributed by atoms with Crippen molar-refractivity contribution in [1.82, 2.24) is 14.0 Å². The predicted octanol–water partition coefficient (Wildman–Crippen LogP) is 2.35. The van der Waals surface area contributed by atoms with Gasteiger partial charge in [-0.25, -0.2) is 0 Å². The third kappa shape index (κ3) is 4.14. The Labute approximate surface area is 184 Å². The lowest BCUT2D eigenvalue weighted by molar-refractivity contribution is -0.132.